The van der Waals surface area contributed by atoms with E-state index in [9.17, 15) is 4.21 Å². The number of hydrogen-bond acceptors (Lipinski definition) is 2. The molecule has 0 fully saturated rings. The molecule has 0 radical (unpaired) electrons. The van der Waals surface area contributed by atoms with Crippen LogP contribution >= 0.6 is 0 Å². The van der Waals surface area contributed by atoms with Gasteiger partial charge in [-0.25, -0.2) is 0 Å². The van der Waals surface area contributed by atoms with E-state index in [0.717, 1.165) is 30.9 Å². The molecule has 15 heavy (non-hydrogen) atoms. The zero-order chi connectivity index (χ0) is 11.5. The van der Waals surface area contributed by atoms with E-state index in [-0.39, 0.29) is 0 Å². The molecule has 0 aromatic rings. The van der Waals surface area contributed by atoms with Crippen molar-refractivity contribution in [3.8, 4) is 0 Å². The SMILES string of the molecule is CCCCCS(=O)CCC(C)NCCC. The monoisotopic (exact) mass is 233 g/mol. The number of rotatable bonds is 10. The molecule has 0 aliphatic carbocycles. The van der Waals surface area contributed by atoms with Gasteiger partial charge in [0.2, 0.25) is 0 Å². The van der Waals surface area contributed by atoms with Gasteiger partial charge in [-0.1, -0.05) is 26.7 Å². The minimum Gasteiger partial charge on any atom is -0.314 e. The fraction of sp³-hybridized carbons (Fsp3) is 1.00. The topological polar surface area (TPSA) is 29.1 Å². The quantitative estimate of drug-likeness (QED) is 0.588. The molecule has 92 valence electrons. The van der Waals surface area contributed by atoms with Crippen molar-refractivity contribution in [2.75, 3.05) is 18.1 Å². The third kappa shape index (κ3) is 10.4. The second-order valence-electron chi connectivity index (χ2n) is 4.20. The van der Waals surface area contributed by atoms with E-state index in [1.54, 1.807) is 0 Å². The first-order valence-corrected chi connectivity index (χ1v) is 7.77. The highest BCUT2D eigenvalue weighted by atomic mass is 32.2. The fourth-order valence-corrected chi connectivity index (χ4v) is 2.76. The molecule has 0 heterocycles. The summed E-state index contributed by atoms with van der Waals surface area (Å²) in [4.78, 5) is 0. The van der Waals surface area contributed by atoms with Gasteiger partial charge in [-0.2, -0.15) is 0 Å². The Kier molecular flexibility index (Phi) is 10.7. The van der Waals surface area contributed by atoms with Crippen molar-refractivity contribution in [1.29, 1.82) is 0 Å². The van der Waals surface area contributed by atoms with E-state index in [0.29, 0.717) is 6.04 Å². The van der Waals surface area contributed by atoms with Crippen LogP contribution in [0.3, 0.4) is 0 Å². The van der Waals surface area contributed by atoms with Crippen LogP contribution in [0.4, 0.5) is 0 Å². The van der Waals surface area contributed by atoms with Crippen molar-refractivity contribution in [1.82, 2.24) is 5.32 Å². The van der Waals surface area contributed by atoms with Crippen LogP contribution in [0.1, 0.15) is 52.9 Å². The lowest BCUT2D eigenvalue weighted by molar-refractivity contribution is 0.533. The predicted molar refractivity (Wildman–Crippen MR) is 69.8 cm³/mol. The van der Waals surface area contributed by atoms with E-state index < -0.39 is 10.8 Å². The standard InChI is InChI=1S/C12H27NOS/c1-4-6-7-10-15(14)11-8-12(3)13-9-5-2/h12-13H,4-11H2,1-3H3. The molecule has 0 amide bonds. The first-order valence-electron chi connectivity index (χ1n) is 6.29. The van der Waals surface area contributed by atoms with E-state index in [1.165, 1.54) is 19.3 Å². The average Bonchev–Trinajstić information content (AvgIpc) is 2.24. The normalized spacial score (nSPS) is 15.1. The Bertz CT molecular complexity index is 162. The van der Waals surface area contributed by atoms with Crippen molar-refractivity contribution in [3.05, 3.63) is 0 Å². The Morgan fingerprint density at radius 2 is 1.87 bits per heavy atom. The molecule has 0 spiro atoms. The molecule has 0 rings (SSSR count). The van der Waals surface area contributed by atoms with Gasteiger partial charge in [-0.3, -0.25) is 4.21 Å². The van der Waals surface area contributed by atoms with Gasteiger partial charge in [-0.15, -0.1) is 0 Å². The summed E-state index contributed by atoms with van der Waals surface area (Å²) in [6.45, 7) is 7.60. The molecule has 0 bridgehead atoms. The molecule has 2 atom stereocenters. The Balaban J connectivity index is 3.36. The number of hydrogen-bond donors (Lipinski definition) is 1. The molecule has 2 unspecified atom stereocenters. The highest BCUT2D eigenvalue weighted by molar-refractivity contribution is 7.84. The highest BCUT2D eigenvalue weighted by Crippen LogP contribution is 2.00. The summed E-state index contributed by atoms with van der Waals surface area (Å²) in [7, 11) is -0.588. The first kappa shape index (κ1) is 15.1. The van der Waals surface area contributed by atoms with Crippen molar-refractivity contribution >= 4 is 10.8 Å². The molecule has 3 heteroatoms. The molecule has 0 aliphatic heterocycles. The molecule has 0 saturated heterocycles. The van der Waals surface area contributed by atoms with Crippen LogP contribution in [0.25, 0.3) is 0 Å². The van der Waals surface area contributed by atoms with E-state index in [2.05, 4.69) is 26.1 Å². The Labute approximate surface area is 97.7 Å². The average molecular weight is 233 g/mol. The minimum absolute atomic E-state index is 0.514. The smallest absolute Gasteiger partial charge is 0.0249 e. The van der Waals surface area contributed by atoms with Crippen molar-refractivity contribution in [2.45, 2.75) is 58.9 Å². The van der Waals surface area contributed by atoms with Gasteiger partial charge in [0, 0.05) is 28.3 Å². The maximum Gasteiger partial charge on any atom is 0.0249 e. The van der Waals surface area contributed by atoms with Gasteiger partial charge < -0.3 is 5.32 Å². The maximum absolute atomic E-state index is 11.6. The second kappa shape index (κ2) is 10.6. The zero-order valence-electron chi connectivity index (χ0n) is 10.6. The molecule has 0 saturated carbocycles. The zero-order valence-corrected chi connectivity index (χ0v) is 11.4. The molecule has 0 aliphatic rings. The number of nitrogens with one attached hydrogen (secondary N) is 1. The maximum atomic E-state index is 11.6. The van der Waals surface area contributed by atoms with Crippen LogP contribution < -0.4 is 5.32 Å². The lowest BCUT2D eigenvalue weighted by Gasteiger charge is -2.12. The number of unbranched alkanes of at least 4 members (excludes halogenated alkanes) is 2. The van der Waals surface area contributed by atoms with E-state index >= 15 is 0 Å². The van der Waals surface area contributed by atoms with E-state index in [4.69, 9.17) is 0 Å². The van der Waals surface area contributed by atoms with Crippen molar-refractivity contribution in [3.63, 3.8) is 0 Å². The third-order valence-corrected chi connectivity index (χ3v) is 3.93. The van der Waals surface area contributed by atoms with Crippen LogP contribution in [0.5, 0.6) is 0 Å². The minimum atomic E-state index is -0.588. The summed E-state index contributed by atoms with van der Waals surface area (Å²) in [5.41, 5.74) is 0. The molecular formula is C12H27NOS. The molecule has 0 aromatic heterocycles. The van der Waals surface area contributed by atoms with E-state index in [1.807, 2.05) is 0 Å². The van der Waals surface area contributed by atoms with Gasteiger partial charge in [-0.05, 0) is 32.7 Å². The fourth-order valence-electron chi connectivity index (χ4n) is 1.42. The molecule has 2 nitrogen and oxygen atoms in total. The Morgan fingerprint density at radius 3 is 2.47 bits per heavy atom. The summed E-state index contributed by atoms with van der Waals surface area (Å²) < 4.78 is 11.6. The van der Waals surface area contributed by atoms with Crippen LogP contribution in [0.15, 0.2) is 0 Å². The summed E-state index contributed by atoms with van der Waals surface area (Å²) in [5, 5.41) is 3.42. The highest BCUT2D eigenvalue weighted by Gasteiger charge is 2.04. The summed E-state index contributed by atoms with van der Waals surface area (Å²) >= 11 is 0. The summed E-state index contributed by atoms with van der Waals surface area (Å²) in [6, 6.07) is 0.514. The first-order chi connectivity index (χ1) is 7.20. The Morgan fingerprint density at radius 1 is 1.13 bits per heavy atom. The molecule has 0 aromatic carbocycles. The summed E-state index contributed by atoms with van der Waals surface area (Å²) in [6.07, 6.45) is 5.77. The van der Waals surface area contributed by atoms with Crippen LogP contribution in [-0.2, 0) is 10.8 Å². The largest absolute Gasteiger partial charge is 0.314 e. The van der Waals surface area contributed by atoms with Gasteiger partial charge in [0.05, 0.1) is 0 Å². The van der Waals surface area contributed by atoms with Gasteiger partial charge >= 0.3 is 0 Å². The third-order valence-electron chi connectivity index (χ3n) is 2.50. The van der Waals surface area contributed by atoms with Crippen molar-refractivity contribution < 1.29 is 4.21 Å². The lowest BCUT2D eigenvalue weighted by Crippen LogP contribution is -2.28. The lowest BCUT2D eigenvalue weighted by atomic mass is 10.2. The second-order valence-corrected chi connectivity index (χ2v) is 5.90. The van der Waals surface area contributed by atoms with Gasteiger partial charge in [0.25, 0.3) is 0 Å². The molecular weight excluding hydrogens is 206 g/mol. The Hall–Kier alpha value is 0.110. The van der Waals surface area contributed by atoms with Crippen molar-refractivity contribution in [2.24, 2.45) is 0 Å². The van der Waals surface area contributed by atoms with Crippen LogP contribution in [0.2, 0.25) is 0 Å². The van der Waals surface area contributed by atoms with Gasteiger partial charge in [0.15, 0.2) is 0 Å². The predicted octanol–water partition coefficient (Wildman–Crippen LogP) is 2.70. The molecule has 1 N–H and O–H groups in total. The van der Waals surface area contributed by atoms with Gasteiger partial charge in [0.1, 0.15) is 0 Å². The van der Waals surface area contributed by atoms with Crippen LogP contribution in [-0.4, -0.2) is 28.3 Å². The summed E-state index contributed by atoms with van der Waals surface area (Å²) in [5.74, 6) is 1.76. The van der Waals surface area contributed by atoms with Crippen LogP contribution in [0, 0.1) is 0 Å².